The molecule has 0 saturated heterocycles. The molecule has 0 aromatic heterocycles. The van der Waals surface area contributed by atoms with Gasteiger partial charge in [0.05, 0.1) is 0 Å². The molecule has 3 rings (SSSR count). The predicted octanol–water partition coefficient (Wildman–Crippen LogP) is 3.30. The van der Waals surface area contributed by atoms with Crippen molar-refractivity contribution in [3.8, 4) is 0 Å². The van der Waals surface area contributed by atoms with Crippen LogP contribution in [0, 0.1) is 5.82 Å². The lowest BCUT2D eigenvalue weighted by Crippen LogP contribution is -2.23. The molecule has 1 aliphatic rings. The minimum Gasteiger partial charge on any atom is -0.326 e. The first-order chi connectivity index (χ1) is 8.74. The van der Waals surface area contributed by atoms with Crippen molar-refractivity contribution in [3.63, 3.8) is 0 Å². The van der Waals surface area contributed by atoms with Crippen LogP contribution in [0.2, 0.25) is 0 Å². The Labute approximate surface area is 104 Å². The second kappa shape index (κ2) is 4.26. The second-order valence-corrected chi connectivity index (χ2v) is 4.45. The van der Waals surface area contributed by atoms with Gasteiger partial charge in [-0.25, -0.2) is 4.39 Å². The molecule has 0 radical (unpaired) electrons. The molecule has 90 valence electrons. The molecule has 2 nitrogen and oxygen atoms in total. The summed E-state index contributed by atoms with van der Waals surface area (Å²) in [5, 5.41) is 2.78. The summed E-state index contributed by atoms with van der Waals surface area (Å²) in [7, 11) is 0. The van der Waals surface area contributed by atoms with Crippen LogP contribution in [0.15, 0.2) is 48.5 Å². The molecule has 1 atom stereocenters. The number of rotatable bonds is 1. The molecule has 0 bridgehead atoms. The maximum atomic E-state index is 13.4. The van der Waals surface area contributed by atoms with Gasteiger partial charge in [0.15, 0.2) is 0 Å². The van der Waals surface area contributed by atoms with E-state index in [1.807, 2.05) is 30.3 Å². The van der Waals surface area contributed by atoms with Gasteiger partial charge < -0.3 is 5.32 Å². The van der Waals surface area contributed by atoms with Crippen LogP contribution in [0.1, 0.15) is 23.5 Å². The van der Waals surface area contributed by atoms with Gasteiger partial charge in [-0.2, -0.15) is 0 Å². The third kappa shape index (κ3) is 1.88. The van der Waals surface area contributed by atoms with E-state index >= 15 is 0 Å². The zero-order valence-corrected chi connectivity index (χ0v) is 9.69. The van der Waals surface area contributed by atoms with Crippen LogP contribution in [-0.2, 0) is 4.79 Å². The molecule has 0 saturated carbocycles. The highest BCUT2D eigenvalue weighted by molar-refractivity contribution is 5.95. The average molecular weight is 241 g/mol. The molecular weight excluding hydrogens is 229 g/mol. The Balaban J connectivity index is 2.12. The molecule has 3 heteroatoms. The predicted molar refractivity (Wildman–Crippen MR) is 67.9 cm³/mol. The quantitative estimate of drug-likeness (QED) is 0.815. The number of nitrogens with one attached hydrogen (secondary N) is 1. The third-order valence-electron chi connectivity index (χ3n) is 3.25. The van der Waals surface area contributed by atoms with Gasteiger partial charge in [-0.05, 0) is 29.3 Å². The van der Waals surface area contributed by atoms with Crippen LogP contribution < -0.4 is 5.32 Å². The molecule has 1 amide bonds. The fraction of sp³-hybridized carbons (Fsp3) is 0.133. The van der Waals surface area contributed by atoms with Crippen LogP contribution in [0.5, 0.6) is 0 Å². The summed E-state index contributed by atoms with van der Waals surface area (Å²) in [6, 6.07) is 14.2. The Kier molecular flexibility index (Phi) is 2.59. The molecule has 18 heavy (non-hydrogen) atoms. The summed E-state index contributed by atoms with van der Waals surface area (Å²) in [4.78, 5) is 11.7. The average Bonchev–Trinajstić information content (AvgIpc) is 2.39. The van der Waals surface area contributed by atoms with Crippen LogP contribution in [0.25, 0.3) is 0 Å². The van der Waals surface area contributed by atoms with E-state index in [1.54, 1.807) is 6.07 Å². The fourth-order valence-corrected chi connectivity index (χ4v) is 2.42. The topological polar surface area (TPSA) is 29.1 Å². The van der Waals surface area contributed by atoms with Crippen molar-refractivity contribution in [1.29, 1.82) is 0 Å². The Bertz CT molecular complexity index is 595. The molecule has 1 aliphatic heterocycles. The third-order valence-corrected chi connectivity index (χ3v) is 3.25. The van der Waals surface area contributed by atoms with Gasteiger partial charge in [0.2, 0.25) is 5.91 Å². The summed E-state index contributed by atoms with van der Waals surface area (Å²) in [6.07, 6.45) is 0.362. The zero-order chi connectivity index (χ0) is 12.5. The van der Waals surface area contributed by atoms with E-state index in [4.69, 9.17) is 0 Å². The van der Waals surface area contributed by atoms with Crippen molar-refractivity contribution in [1.82, 2.24) is 0 Å². The highest BCUT2D eigenvalue weighted by Gasteiger charge is 2.26. The van der Waals surface area contributed by atoms with Crippen molar-refractivity contribution in [2.24, 2.45) is 0 Å². The van der Waals surface area contributed by atoms with E-state index in [9.17, 15) is 9.18 Å². The normalized spacial score (nSPS) is 18.1. The number of carbonyl (C=O) groups excluding carboxylic acids is 1. The minimum atomic E-state index is -0.272. The molecule has 1 N–H and O–H groups in total. The van der Waals surface area contributed by atoms with Crippen LogP contribution in [0.4, 0.5) is 10.1 Å². The molecule has 1 heterocycles. The van der Waals surface area contributed by atoms with Crippen molar-refractivity contribution < 1.29 is 9.18 Å². The number of hydrogen-bond donors (Lipinski definition) is 1. The highest BCUT2D eigenvalue weighted by atomic mass is 19.1. The highest BCUT2D eigenvalue weighted by Crippen LogP contribution is 2.37. The number of hydrogen-bond acceptors (Lipinski definition) is 1. The Morgan fingerprint density at radius 1 is 1.11 bits per heavy atom. The summed E-state index contributed by atoms with van der Waals surface area (Å²) in [5.41, 5.74) is 2.60. The second-order valence-electron chi connectivity index (χ2n) is 4.45. The maximum Gasteiger partial charge on any atom is 0.225 e. The van der Waals surface area contributed by atoms with E-state index < -0.39 is 0 Å². The number of benzene rings is 2. The van der Waals surface area contributed by atoms with E-state index in [0.29, 0.717) is 12.1 Å². The molecule has 2 aromatic carbocycles. The van der Waals surface area contributed by atoms with Crippen molar-refractivity contribution in [2.45, 2.75) is 12.3 Å². The molecule has 0 fully saturated rings. The Morgan fingerprint density at radius 3 is 2.67 bits per heavy atom. The number of halogens is 1. The van der Waals surface area contributed by atoms with Gasteiger partial charge in [0.1, 0.15) is 5.82 Å². The van der Waals surface area contributed by atoms with Gasteiger partial charge in [-0.15, -0.1) is 0 Å². The summed E-state index contributed by atoms with van der Waals surface area (Å²) in [5.74, 6) is -0.362. The first-order valence-corrected chi connectivity index (χ1v) is 5.88. The molecule has 0 aliphatic carbocycles. The molecule has 0 unspecified atom stereocenters. The smallest absolute Gasteiger partial charge is 0.225 e. The number of anilines is 1. The minimum absolute atomic E-state index is 0.0250. The fourth-order valence-electron chi connectivity index (χ4n) is 2.42. The van der Waals surface area contributed by atoms with E-state index in [0.717, 1.165) is 11.1 Å². The van der Waals surface area contributed by atoms with Gasteiger partial charge >= 0.3 is 0 Å². The largest absolute Gasteiger partial charge is 0.326 e. The van der Waals surface area contributed by atoms with Gasteiger partial charge in [0.25, 0.3) is 0 Å². The van der Waals surface area contributed by atoms with E-state index in [-0.39, 0.29) is 17.6 Å². The summed E-state index contributed by atoms with van der Waals surface area (Å²) < 4.78 is 13.4. The van der Waals surface area contributed by atoms with Crippen molar-refractivity contribution >= 4 is 11.6 Å². The monoisotopic (exact) mass is 241 g/mol. The van der Waals surface area contributed by atoms with E-state index in [2.05, 4.69) is 5.32 Å². The van der Waals surface area contributed by atoms with Gasteiger partial charge in [-0.1, -0.05) is 30.3 Å². The zero-order valence-electron chi connectivity index (χ0n) is 9.69. The molecule has 0 spiro atoms. The SMILES string of the molecule is O=C1C[C@@H](c2ccccc2)c2cc(F)ccc2N1. The van der Waals surface area contributed by atoms with Crippen molar-refractivity contribution in [2.75, 3.05) is 5.32 Å². The lowest BCUT2D eigenvalue weighted by molar-refractivity contribution is -0.116. The van der Waals surface area contributed by atoms with Crippen LogP contribution >= 0.6 is 0 Å². The molecule has 2 aromatic rings. The molecular formula is C15H12FNO. The lowest BCUT2D eigenvalue weighted by atomic mass is 9.85. The standard InChI is InChI=1S/C15H12FNO/c16-11-6-7-14-13(8-11)12(9-15(18)17-14)10-4-2-1-3-5-10/h1-8,12H,9H2,(H,17,18)/t12-/m0/s1. The van der Waals surface area contributed by atoms with Gasteiger partial charge in [0, 0.05) is 18.0 Å². The first-order valence-electron chi connectivity index (χ1n) is 5.88. The number of amides is 1. The Morgan fingerprint density at radius 2 is 1.89 bits per heavy atom. The number of carbonyl (C=O) groups is 1. The van der Waals surface area contributed by atoms with Crippen molar-refractivity contribution in [3.05, 3.63) is 65.5 Å². The summed E-state index contributed by atoms with van der Waals surface area (Å²) in [6.45, 7) is 0. The van der Waals surface area contributed by atoms with Crippen LogP contribution in [0.3, 0.4) is 0 Å². The summed E-state index contributed by atoms with van der Waals surface area (Å²) >= 11 is 0. The van der Waals surface area contributed by atoms with Gasteiger partial charge in [-0.3, -0.25) is 4.79 Å². The lowest BCUT2D eigenvalue weighted by Gasteiger charge is -2.26. The van der Waals surface area contributed by atoms with Crippen LogP contribution in [-0.4, -0.2) is 5.91 Å². The van der Waals surface area contributed by atoms with E-state index in [1.165, 1.54) is 12.1 Å². The first kappa shape index (κ1) is 11.0. The Hall–Kier alpha value is -2.16. The number of fused-ring (bicyclic) bond motifs is 1. The maximum absolute atomic E-state index is 13.4.